The molecule has 2 aliphatic carbocycles. The molecule has 2 rings (SSSR count). The maximum absolute atomic E-state index is 11.2. The molecule has 2 aliphatic rings. The molecule has 3 unspecified atom stereocenters. The van der Waals surface area contributed by atoms with Crippen molar-refractivity contribution in [3.63, 3.8) is 0 Å². The molecule has 0 saturated heterocycles. The fraction of sp³-hybridized carbons (Fsp3) is 0.643. The predicted octanol–water partition coefficient (Wildman–Crippen LogP) is 3.24. The molecular formula is C14H20O2. The number of hydrogen-bond acceptors (Lipinski definition) is 2. The molecule has 0 heterocycles. The Morgan fingerprint density at radius 3 is 3.19 bits per heavy atom. The number of carbonyl (C=O) groups excluding carboxylic acids is 1. The first-order valence-corrected chi connectivity index (χ1v) is 6.21. The first-order chi connectivity index (χ1) is 7.69. The molecule has 2 bridgehead atoms. The van der Waals surface area contributed by atoms with Crippen LogP contribution in [0.25, 0.3) is 0 Å². The van der Waals surface area contributed by atoms with Crippen molar-refractivity contribution in [2.45, 2.75) is 45.1 Å². The quantitative estimate of drug-likeness (QED) is 0.414. The number of fused-ring (bicyclic) bond motifs is 2. The van der Waals surface area contributed by atoms with Gasteiger partial charge in [-0.15, -0.1) is 0 Å². The molecule has 0 aromatic carbocycles. The van der Waals surface area contributed by atoms with Crippen LogP contribution in [0.5, 0.6) is 0 Å². The number of hydrogen-bond donors (Lipinski definition) is 0. The summed E-state index contributed by atoms with van der Waals surface area (Å²) in [6, 6.07) is 0. The van der Waals surface area contributed by atoms with Gasteiger partial charge < -0.3 is 4.74 Å². The molecule has 2 heteroatoms. The Labute approximate surface area is 97.4 Å². The molecule has 0 amide bonds. The summed E-state index contributed by atoms with van der Waals surface area (Å²) in [6.45, 7) is 5.42. The Morgan fingerprint density at radius 2 is 2.50 bits per heavy atom. The van der Waals surface area contributed by atoms with Gasteiger partial charge >= 0.3 is 5.97 Å². The number of allylic oxidation sites excluding steroid dienone is 1. The van der Waals surface area contributed by atoms with E-state index < -0.39 is 0 Å². The van der Waals surface area contributed by atoms with Crippen LogP contribution in [0, 0.1) is 11.8 Å². The SMILES string of the molecule is C=CC(=O)OC(C)C1C=C2CCCC(C2)C1. The van der Waals surface area contributed by atoms with E-state index in [-0.39, 0.29) is 12.1 Å². The molecule has 0 N–H and O–H groups in total. The van der Waals surface area contributed by atoms with Crippen molar-refractivity contribution in [1.82, 2.24) is 0 Å². The smallest absolute Gasteiger partial charge is 0.330 e. The Kier molecular flexibility index (Phi) is 3.47. The second-order valence-electron chi connectivity index (χ2n) is 5.03. The summed E-state index contributed by atoms with van der Waals surface area (Å²) >= 11 is 0. The van der Waals surface area contributed by atoms with E-state index in [0.717, 1.165) is 5.92 Å². The zero-order valence-corrected chi connectivity index (χ0v) is 9.95. The van der Waals surface area contributed by atoms with Crippen molar-refractivity contribution < 1.29 is 9.53 Å². The third-order valence-corrected chi connectivity index (χ3v) is 3.79. The van der Waals surface area contributed by atoms with Crippen LogP contribution in [0.4, 0.5) is 0 Å². The third kappa shape index (κ3) is 2.55. The molecule has 0 aromatic rings. The maximum atomic E-state index is 11.2. The van der Waals surface area contributed by atoms with Crippen molar-refractivity contribution >= 4 is 5.97 Å². The highest BCUT2D eigenvalue weighted by atomic mass is 16.5. The van der Waals surface area contributed by atoms with Crippen LogP contribution in [0.15, 0.2) is 24.3 Å². The van der Waals surface area contributed by atoms with Crippen molar-refractivity contribution in [2.75, 3.05) is 0 Å². The Balaban J connectivity index is 1.99. The van der Waals surface area contributed by atoms with Gasteiger partial charge in [-0.05, 0) is 44.9 Å². The molecule has 16 heavy (non-hydrogen) atoms. The first kappa shape index (κ1) is 11.4. The van der Waals surface area contributed by atoms with Gasteiger partial charge in [0.2, 0.25) is 0 Å². The monoisotopic (exact) mass is 220 g/mol. The lowest BCUT2D eigenvalue weighted by molar-refractivity contribution is -0.144. The van der Waals surface area contributed by atoms with E-state index in [1.165, 1.54) is 38.2 Å². The molecule has 2 nitrogen and oxygen atoms in total. The van der Waals surface area contributed by atoms with Gasteiger partial charge in [0.25, 0.3) is 0 Å². The molecule has 1 saturated carbocycles. The first-order valence-electron chi connectivity index (χ1n) is 6.21. The Hall–Kier alpha value is -1.05. The van der Waals surface area contributed by atoms with Crippen molar-refractivity contribution in [3.05, 3.63) is 24.3 Å². The van der Waals surface area contributed by atoms with Gasteiger partial charge in [0.15, 0.2) is 0 Å². The standard InChI is InChI=1S/C14H20O2/c1-3-14(15)16-10(2)13-8-11-5-4-6-12(7-11)9-13/h3,8,10,12-13H,1,4-7,9H2,2H3. The van der Waals surface area contributed by atoms with Crippen LogP contribution >= 0.6 is 0 Å². The minimum Gasteiger partial charge on any atom is -0.459 e. The van der Waals surface area contributed by atoms with Crippen LogP contribution in [0.3, 0.4) is 0 Å². The highest BCUT2D eigenvalue weighted by molar-refractivity contribution is 5.81. The molecule has 0 radical (unpaired) electrons. The number of carbonyl (C=O) groups is 1. The van der Waals surface area contributed by atoms with E-state index >= 15 is 0 Å². The highest BCUT2D eigenvalue weighted by Gasteiger charge is 2.29. The summed E-state index contributed by atoms with van der Waals surface area (Å²) in [7, 11) is 0. The summed E-state index contributed by atoms with van der Waals surface area (Å²) in [4.78, 5) is 11.2. The summed E-state index contributed by atoms with van der Waals surface area (Å²) in [5, 5.41) is 0. The van der Waals surface area contributed by atoms with Crippen LogP contribution < -0.4 is 0 Å². The van der Waals surface area contributed by atoms with Crippen LogP contribution in [0.1, 0.15) is 39.0 Å². The van der Waals surface area contributed by atoms with Gasteiger partial charge in [-0.2, -0.15) is 0 Å². The number of ether oxygens (including phenoxy) is 1. The molecule has 0 spiro atoms. The minimum atomic E-state index is -0.304. The van der Waals surface area contributed by atoms with E-state index in [4.69, 9.17) is 4.74 Å². The lowest BCUT2D eigenvalue weighted by Gasteiger charge is -2.35. The summed E-state index contributed by atoms with van der Waals surface area (Å²) in [5.41, 5.74) is 1.58. The third-order valence-electron chi connectivity index (χ3n) is 3.79. The Bertz CT molecular complexity index is 317. The topological polar surface area (TPSA) is 26.3 Å². The second-order valence-corrected chi connectivity index (χ2v) is 5.03. The molecule has 0 aliphatic heterocycles. The van der Waals surface area contributed by atoms with E-state index in [0.29, 0.717) is 5.92 Å². The molecule has 0 aromatic heterocycles. The van der Waals surface area contributed by atoms with E-state index in [9.17, 15) is 4.79 Å². The second kappa shape index (κ2) is 4.86. The van der Waals surface area contributed by atoms with Crippen LogP contribution in [-0.2, 0) is 9.53 Å². The molecule has 88 valence electrons. The largest absolute Gasteiger partial charge is 0.459 e. The highest BCUT2D eigenvalue weighted by Crippen LogP contribution is 2.39. The Morgan fingerprint density at radius 1 is 1.69 bits per heavy atom. The average Bonchev–Trinajstić information content (AvgIpc) is 2.28. The minimum absolute atomic E-state index is 0.0126. The van der Waals surface area contributed by atoms with Crippen LogP contribution in [0.2, 0.25) is 0 Å². The molecular weight excluding hydrogens is 200 g/mol. The average molecular weight is 220 g/mol. The van der Waals surface area contributed by atoms with E-state index in [2.05, 4.69) is 12.7 Å². The summed E-state index contributed by atoms with van der Waals surface area (Å²) < 4.78 is 5.30. The van der Waals surface area contributed by atoms with Gasteiger partial charge in [-0.1, -0.05) is 18.2 Å². The summed E-state index contributed by atoms with van der Waals surface area (Å²) in [6.07, 6.45) is 9.95. The van der Waals surface area contributed by atoms with E-state index in [1.807, 2.05) is 6.92 Å². The lowest BCUT2D eigenvalue weighted by Crippen LogP contribution is -2.28. The fourth-order valence-electron chi connectivity index (χ4n) is 2.95. The van der Waals surface area contributed by atoms with Crippen molar-refractivity contribution in [2.24, 2.45) is 11.8 Å². The van der Waals surface area contributed by atoms with Crippen molar-refractivity contribution in [3.8, 4) is 0 Å². The van der Waals surface area contributed by atoms with Gasteiger partial charge in [0.05, 0.1) is 0 Å². The van der Waals surface area contributed by atoms with Gasteiger partial charge in [-0.25, -0.2) is 4.79 Å². The van der Waals surface area contributed by atoms with Gasteiger partial charge in [0.1, 0.15) is 6.10 Å². The van der Waals surface area contributed by atoms with Gasteiger partial charge in [0, 0.05) is 12.0 Å². The predicted molar refractivity (Wildman–Crippen MR) is 63.9 cm³/mol. The van der Waals surface area contributed by atoms with Gasteiger partial charge in [-0.3, -0.25) is 0 Å². The summed E-state index contributed by atoms with van der Waals surface area (Å²) in [5.74, 6) is 0.934. The normalized spacial score (nSPS) is 30.2. The fourth-order valence-corrected chi connectivity index (χ4v) is 2.95. The zero-order chi connectivity index (χ0) is 11.5. The zero-order valence-electron chi connectivity index (χ0n) is 9.95. The van der Waals surface area contributed by atoms with E-state index in [1.54, 1.807) is 5.57 Å². The van der Waals surface area contributed by atoms with Crippen LogP contribution in [-0.4, -0.2) is 12.1 Å². The molecule has 3 atom stereocenters. The van der Waals surface area contributed by atoms with Crippen molar-refractivity contribution in [1.29, 1.82) is 0 Å². The number of esters is 1. The molecule has 1 fully saturated rings. The lowest BCUT2D eigenvalue weighted by atomic mass is 9.73. The maximum Gasteiger partial charge on any atom is 0.330 e. The number of rotatable bonds is 3.